The van der Waals surface area contributed by atoms with Gasteiger partial charge in [0.1, 0.15) is 17.4 Å². The molecular formula is C44H63N9O5S. The fourth-order valence-corrected chi connectivity index (χ4v) is 8.75. The minimum Gasteiger partial charge on any atom is -0.437 e. The van der Waals surface area contributed by atoms with E-state index in [2.05, 4.69) is 45.4 Å². The van der Waals surface area contributed by atoms with Crippen LogP contribution in [0, 0.1) is 0 Å². The van der Waals surface area contributed by atoms with E-state index in [-0.39, 0.29) is 17.8 Å². The number of ketones is 1. The Hall–Kier alpha value is -4.92. The van der Waals surface area contributed by atoms with Gasteiger partial charge in [0.05, 0.1) is 24.5 Å². The number of nitrogens with zero attached hydrogens (tertiary/aromatic N) is 7. The number of hydrogen-bond donors (Lipinski definition) is 2. The Kier molecular flexibility index (Phi) is 17.6. The summed E-state index contributed by atoms with van der Waals surface area (Å²) in [5, 5.41) is 6.48. The second-order valence-corrected chi connectivity index (χ2v) is 16.9. The topological polar surface area (TPSA) is 153 Å². The summed E-state index contributed by atoms with van der Waals surface area (Å²) in [6, 6.07) is 12.5. The number of carbonyl (C=O) groups excluding carboxylic acids is 4. The maximum atomic E-state index is 12.3. The quantitative estimate of drug-likeness (QED) is 0.0999. The lowest BCUT2D eigenvalue weighted by molar-refractivity contribution is -0.131. The molecule has 1 aromatic carbocycles. The lowest BCUT2D eigenvalue weighted by atomic mass is 10.0. The summed E-state index contributed by atoms with van der Waals surface area (Å²) in [4.78, 5) is 67.8. The van der Waals surface area contributed by atoms with Crippen molar-refractivity contribution in [3.8, 4) is 22.8 Å². The van der Waals surface area contributed by atoms with Crippen LogP contribution >= 0.6 is 11.8 Å². The van der Waals surface area contributed by atoms with Gasteiger partial charge in [0, 0.05) is 102 Å². The molecule has 3 fully saturated rings. The number of likely N-dealkylation sites (N-methyl/N-ethyl adjacent to an activating group) is 2. The van der Waals surface area contributed by atoms with Crippen molar-refractivity contribution in [2.24, 2.45) is 0 Å². The maximum Gasteiger partial charge on any atom is 0.315 e. The SMILES string of the molecule is CCCCC(=O)CCCCC1SCC2NC(=O)NC21.CCCCC(=O)N1CCN(c2ccc(-c3ccc(Oc4cncc(N(C)CCN(C)C(C)=O)n4)cc3)cn2)CC1. The summed E-state index contributed by atoms with van der Waals surface area (Å²) in [7, 11) is 3.68. The van der Waals surface area contributed by atoms with Crippen LogP contribution in [0.5, 0.6) is 11.6 Å². The van der Waals surface area contributed by atoms with E-state index in [4.69, 9.17) is 9.72 Å². The Morgan fingerprint density at radius 3 is 2.25 bits per heavy atom. The Labute approximate surface area is 354 Å². The van der Waals surface area contributed by atoms with Crippen LogP contribution in [0.4, 0.5) is 16.4 Å². The van der Waals surface area contributed by atoms with E-state index in [0.717, 1.165) is 107 Å². The number of fused-ring (bicyclic) bond motifs is 1. The summed E-state index contributed by atoms with van der Waals surface area (Å²) in [5.41, 5.74) is 2.05. The molecule has 2 aromatic heterocycles. The second kappa shape index (κ2) is 23.0. The van der Waals surface area contributed by atoms with E-state index < -0.39 is 0 Å². The molecule has 0 spiro atoms. The molecule has 3 saturated heterocycles. The number of pyridine rings is 1. The molecule has 2 N–H and O–H groups in total. The fraction of sp³-hybridized carbons (Fsp3) is 0.568. The van der Waals surface area contributed by atoms with Crippen LogP contribution in [0.15, 0.2) is 55.0 Å². The lowest BCUT2D eigenvalue weighted by Crippen LogP contribution is -2.49. The number of hydrogen-bond acceptors (Lipinski definition) is 11. The number of Topliss-reactive ketones (excluding diaryl/α,β-unsaturated/α-hetero) is 1. The number of nitrogens with one attached hydrogen (secondary N) is 2. The number of thioether (sulfide) groups is 1. The number of carbonyl (C=O) groups is 4. The van der Waals surface area contributed by atoms with E-state index in [1.165, 1.54) is 0 Å². The van der Waals surface area contributed by atoms with Gasteiger partial charge in [-0.15, -0.1) is 0 Å². The average molecular weight is 830 g/mol. The number of anilines is 2. The first-order valence-electron chi connectivity index (χ1n) is 21.3. The number of ether oxygens (including phenoxy) is 1. The van der Waals surface area contributed by atoms with Crippen molar-refractivity contribution in [2.75, 3.05) is 68.9 Å². The largest absolute Gasteiger partial charge is 0.437 e. The van der Waals surface area contributed by atoms with Gasteiger partial charge in [-0.25, -0.2) is 9.78 Å². The number of aromatic nitrogens is 3. The second-order valence-electron chi connectivity index (χ2n) is 15.6. The Morgan fingerprint density at radius 2 is 1.56 bits per heavy atom. The molecule has 320 valence electrons. The molecule has 59 heavy (non-hydrogen) atoms. The third-order valence-electron chi connectivity index (χ3n) is 11.1. The van der Waals surface area contributed by atoms with Crippen molar-refractivity contribution in [3.05, 3.63) is 55.0 Å². The Balaban J connectivity index is 0.000000290. The normalized spacial score (nSPS) is 18.3. The number of benzene rings is 1. The van der Waals surface area contributed by atoms with Crippen LogP contribution in [-0.4, -0.2) is 125 Å². The Bertz CT molecular complexity index is 1810. The number of urea groups is 1. The molecule has 15 heteroatoms. The summed E-state index contributed by atoms with van der Waals surface area (Å²) in [6.07, 6.45) is 14.6. The van der Waals surface area contributed by atoms with Gasteiger partial charge in [-0.1, -0.05) is 45.2 Å². The van der Waals surface area contributed by atoms with Crippen molar-refractivity contribution >= 4 is 47.0 Å². The van der Waals surface area contributed by atoms with Gasteiger partial charge in [0.2, 0.25) is 17.7 Å². The number of amides is 4. The third kappa shape index (κ3) is 13.8. The standard InChI is InChI=1S/C30H39N7O3.C14H24N2O2S/c1-5-6-7-30(39)37-18-16-36(17-19-37)27-13-10-25(20-32-27)24-8-11-26(12-9-24)40-29-22-31-21-28(33-29)35(4)15-14-34(3)23(2)38;1-2-3-6-10(17)7-4-5-8-12-13-11(9-19-12)15-14(18)16-13/h8-13,20-22H,5-7,14-19H2,1-4H3;11-13H,2-9H2,1H3,(H2,15,16,18). The summed E-state index contributed by atoms with van der Waals surface area (Å²) in [5.74, 6) is 4.37. The molecule has 0 radical (unpaired) electrons. The number of piperazine rings is 1. The minimum absolute atomic E-state index is 0.0185. The molecule has 0 aliphatic carbocycles. The van der Waals surface area contributed by atoms with Gasteiger partial charge in [0.25, 0.3) is 0 Å². The van der Waals surface area contributed by atoms with Crippen LogP contribution < -0.4 is 25.2 Å². The van der Waals surface area contributed by atoms with Crippen molar-refractivity contribution in [1.82, 2.24) is 35.4 Å². The first-order valence-corrected chi connectivity index (χ1v) is 22.3. The molecule has 3 aliphatic rings. The lowest BCUT2D eigenvalue weighted by Gasteiger charge is -2.35. The number of rotatable bonds is 19. The Morgan fingerprint density at radius 1 is 0.847 bits per heavy atom. The van der Waals surface area contributed by atoms with Crippen LogP contribution in [0.1, 0.15) is 85.0 Å². The van der Waals surface area contributed by atoms with Gasteiger partial charge in [-0.05, 0) is 55.5 Å². The molecule has 6 rings (SSSR count). The van der Waals surface area contributed by atoms with Crippen LogP contribution in [0.3, 0.4) is 0 Å². The van der Waals surface area contributed by atoms with Crippen molar-refractivity contribution < 1.29 is 23.9 Å². The monoisotopic (exact) mass is 829 g/mol. The molecule has 4 amide bonds. The van der Waals surface area contributed by atoms with E-state index in [1.54, 1.807) is 31.3 Å². The minimum atomic E-state index is -0.0185. The molecule has 0 saturated carbocycles. The highest BCUT2D eigenvalue weighted by molar-refractivity contribution is 8.00. The maximum absolute atomic E-state index is 12.3. The molecular weight excluding hydrogens is 767 g/mol. The molecule has 3 atom stereocenters. The first kappa shape index (κ1) is 45.2. The van der Waals surface area contributed by atoms with Gasteiger partial charge in [-0.3, -0.25) is 19.4 Å². The van der Waals surface area contributed by atoms with Gasteiger partial charge >= 0.3 is 6.03 Å². The highest BCUT2D eigenvalue weighted by Crippen LogP contribution is 2.33. The summed E-state index contributed by atoms with van der Waals surface area (Å²) in [6.45, 7) is 10.1. The molecule has 0 bridgehead atoms. The highest BCUT2D eigenvalue weighted by atomic mass is 32.2. The van der Waals surface area contributed by atoms with Crippen molar-refractivity contribution in [1.29, 1.82) is 0 Å². The molecule has 3 aliphatic heterocycles. The van der Waals surface area contributed by atoms with Crippen molar-refractivity contribution in [3.63, 3.8) is 0 Å². The van der Waals surface area contributed by atoms with Crippen LogP contribution in [-0.2, 0) is 14.4 Å². The molecule has 14 nitrogen and oxygen atoms in total. The predicted molar refractivity (Wildman–Crippen MR) is 235 cm³/mol. The summed E-state index contributed by atoms with van der Waals surface area (Å²) < 4.78 is 5.95. The van der Waals surface area contributed by atoms with E-state index >= 15 is 0 Å². The predicted octanol–water partition coefficient (Wildman–Crippen LogP) is 6.56. The fourth-order valence-electron chi connectivity index (χ4n) is 7.20. The zero-order valence-corrected chi connectivity index (χ0v) is 36.3. The van der Waals surface area contributed by atoms with E-state index in [9.17, 15) is 19.2 Å². The van der Waals surface area contributed by atoms with Crippen molar-refractivity contribution in [2.45, 2.75) is 102 Å². The molecule has 3 aromatic rings. The van der Waals surface area contributed by atoms with E-state index in [0.29, 0.717) is 60.1 Å². The van der Waals surface area contributed by atoms with Gasteiger partial charge < -0.3 is 35.0 Å². The third-order valence-corrected chi connectivity index (χ3v) is 12.6. The summed E-state index contributed by atoms with van der Waals surface area (Å²) >= 11 is 1.95. The highest BCUT2D eigenvalue weighted by Gasteiger charge is 2.42. The molecule has 5 heterocycles. The van der Waals surface area contributed by atoms with Gasteiger partial charge in [-0.2, -0.15) is 16.7 Å². The zero-order chi connectivity index (χ0) is 42.1. The smallest absolute Gasteiger partial charge is 0.315 e. The number of unbranched alkanes of at least 4 members (excludes halogenated alkanes) is 3. The first-order chi connectivity index (χ1) is 28.5. The van der Waals surface area contributed by atoms with Crippen LogP contribution in [0.2, 0.25) is 0 Å². The average Bonchev–Trinajstić information content (AvgIpc) is 3.82. The van der Waals surface area contributed by atoms with Crippen LogP contribution in [0.25, 0.3) is 11.1 Å². The van der Waals surface area contributed by atoms with E-state index in [1.807, 2.05) is 65.1 Å². The van der Waals surface area contributed by atoms with Gasteiger partial charge in [0.15, 0.2) is 5.82 Å². The molecule has 3 unspecified atom stereocenters. The zero-order valence-electron chi connectivity index (χ0n) is 35.5.